The van der Waals surface area contributed by atoms with Crippen molar-refractivity contribution in [2.24, 2.45) is 0 Å². The minimum absolute atomic E-state index is 0. The molecule has 0 radical (unpaired) electrons. The molecule has 0 atom stereocenters. The van der Waals surface area contributed by atoms with Gasteiger partial charge in [-0.15, -0.1) is 12.4 Å². The van der Waals surface area contributed by atoms with E-state index in [1.807, 2.05) is 43.3 Å². The summed E-state index contributed by atoms with van der Waals surface area (Å²) < 4.78 is 16.4. The first-order chi connectivity index (χ1) is 11.6. The standard InChI is InChI=1S/C20H18O4.ClH/c1-13(10-15-12-16(22-2)5-7-18(15)21)19-8-4-14-11-17(23-3)6-9-20(14)24-19;/h4-12H,1-3H3;1H/p+1/b13-10-;. The Morgan fingerprint density at radius 3 is 2.36 bits per heavy atom. The summed E-state index contributed by atoms with van der Waals surface area (Å²) in [6, 6.07) is 14.7. The highest BCUT2D eigenvalue weighted by Gasteiger charge is 2.15. The molecule has 0 spiro atoms. The fourth-order valence-corrected chi connectivity index (χ4v) is 2.49. The van der Waals surface area contributed by atoms with Gasteiger partial charge in [-0.3, -0.25) is 0 Å². The van der Waals surface area contributed by atoms with E-state index in [2.05, 4.69) is 0 Å². The zero-order valence-corrected chi connectivity index (χ0v) is 15.1. The summed E-state index contributed by atoms with van der Waals surface area (Å²) in [5.41, 5.74) is 2.35. The summed E-state index contributed by atoms with van der Waals surface area (Å²) in [5.74, 6) is 2.41. The fraction of sp³-hybridized carbons (Fsp3) is 0.150. The minimum Gasteiger partial charge on any atom is -0.507 e. The van der Waals surface area contributed by atoms with E-state index >= 15 is 0 Å². The summed E-state index contributed by atoms with van der Waals surface area (Å²) in [6.07, 6.45) is 1.87. The van der Waals surface area contributed by atoms with E-state index in [9.17, 15) is 5.11 Å². The second-order valence-electron chi connectivity index (χ2n) is 5.46. The summed E-state index contributed by atoms with van der Waals surface area (Å²) in [5, 5.41) is 11.0. The lowest BCUT2D eigenvalue weighted by Crippen LogP contribution is -1.86. The predicted octanol–water partition coefficient (Wildman–Crippen LogP) is 5.42. The van der Waals surface area contributed by atoms with Gasteiger partial charge in [0.2, 0.25) is 0 Å². The third-order valence-corrected chi connectivity index (χ3v) is 3.85. The van der Waals surface area contributed by atoms with E-state index in [0.717, 1.165) is 28.1 Å². The highest BCUT2D eigenvalue weighted by Crippen LogP contribution is 2.29. The van der Waals surface area contributed by atoms with Gasteiger partial charge >= 0.3 is 11.3 Å². The molecule has 130 valence electrons. The van der Waals surface area contributed by atoms with Crippen LogP contribution in [0.1, 0.15) is 18.2 Å². The van der Waals surface area contributed by atoms with Gasteiger partial charge in [0, 0.05) is 17.7 Å². The highest BCUT2D eigenvalue weighted by atomic mass is 35.5. The smallest absolute Gasteiger partial charge is 0.361 e. The van der Waals surface area contributed by atoms with Gasteiger partial charge in [-0.1, -0.05) is 0 Å². The second-order valence-corrected chi connectivity index (χ2v) is 5.46. The summed E-state index contributed by atoms with van der Waals surface area (Å²) >= 11 is 0. The van der Waals surface area contributed by atoms with Crippen LogP contribution in [-0.4, -0.2) is 19.3 Å². The SMILES string of the molecule is COc1ccc(O)c(/C=C(/C)c2ccc3cc(OC)ccc3[o+]2)c1.Cl. The Morgan fingerprint density at radius 2 is 1.64 bits per heavy atom. The molecule has 0 aliphatic rings. The predicted molar refractivity (Wildman–Crippen MR) is 103 cm³/mol. The molecule has 3 aromatic rings. The molecule has 5 heteroatoms. The maximum Gasteiger partial charge on any atom is 0.361 e. The van der Waals surface area contributed by atoms with E-state index in [0.29, 0.717) is 11.3 Å². The molecule has 1 aromatic heterocycles. The van der Waals surface area contributed by atoms with Crippen LogP contribution in [0, 0.1) is 0 Å². The largest absolute Gasteiger partial charge is 0.507 e. The molecule has 3 rings (SSSR count). The van der Waals surface area contributed by atoms with Crippen molar-refractivity contribution in [3.8, 4) is 17.2 Å². The molecule has 0 aliphatic heterocycles. The Hall–Kier alpha value is -2.72. The number of halogens is 1. The normalized spacial score (nSPS) is 11.1. The molecule has 0 unspecified atom stereocenters. The van der Waals surface area contributed by atoms with Gasteiger partial charge in [-0.05, 0) is 49.4 Å². The van der Waals surface area contributed by atoms with Crippen molar-refractivity contribution in [3.05, 3.63) is 59.9 Å². The van der Waals surface area contributed by atoms with E-state index in [-0.39, 0.29) is 18.2 Å². The number of aromatic hydroxyl groups is 1. The molecule has 25 heavy (non-hydrogen) atoms. The number of benzene rings is 2. The van der Waals surface area contributed by atoms with Crippen molar-refractivity contribution in [1.82, 2.24) is 0 Å². The monoisotopic (exact) mass is 359 g/mol. The van der Waals surface area contributed by atoms with Gasteiger partial charge in [0.1, 0.15) is 17.2 Å². The van der Waals surface area contributed by atoms with E-state index in [4.69, 9.17) is 13.9 Å². The van der Waals surface area contributed by atoms with Crippen molar-refractivity contribution in [1.29, 1.82) is 0 Å². The van der Waals surface area contributed by atoms with Gasteiger partial charge in [-0.2, -0.15) is 0 Å². The fourth-order valence-electron chi connectivity index (χ4n) is 2.49. The number of rotatable bonds is 4. The average molecular weight is 360 g/mol. The maximum absolute atomic E-state index is 10.0. The number of fused-ring (bicyclic) bond motifs is 1. The molecule has 1 heterocycles. The van der Waals surface area contributed by atoms with Crippen LogP contribution >= 0.6 is 12.4 Å². The summed E-state index contributed by atoms with van der Waals surface area (Å²) in [7, 11) is 3.24. The molecule has 0 bridgehead atoms. The van der Waals surface area contributed by atoms with Gasteiger partial charge in [-0.25, -0.2) is 4.42 Å². The van der Waals surface area contributed by atoms with Crippen LogP contribution in [0.2, 0.25) is 0 Å². The summed E-state index contributed by atoms with van der Waals surface area (Å²) in [6.45, 7) is 1.94. The maximum atomic E-state index is 10.0. The molecule has 0 saturated carbocycles. The van der Waals surface area contributed by atoms with Crippen LogP contribution in [-0.2, 0) is 0 Å². The van der Waals surface area contributed by atoms with Crippen molar-refractivity contribution >= 4 is 35.0 Å². The van der Waals surface area contributed by atoms with E-state index < -0.39 is 0 Å². The summed E-state index contributed by atoms with van der Waals surface area (Å²) in [4.78, 5) is 0. The Bertz CT molecular complexity index is 919. The van der Waals surface area contributed by atoms with Crippen LogP contribution in [0.4, 0.5) is 0 Å². The van der Waals surface area contributed by atoms with Crippen LogP contribution in [0.25, 0.3) is 22.6 Å². The number of phenols is 1. The van der Waals surface area contributed by atoms with Crippen molar-refractivity contribution < 1.29 is 19.0 Å². The van der Waals surface area contributed by atoms with Gasteiger partial charge in [0.05, 0.1) is 25.2 Å². The lowest BCUT2D eigenvalue weighted by Gasteiger charge is -2.04. The number of phenolic OH excluding ortho intramolecular Hbond substituents is 1. The average Bonchev–Trinajstić information content (AvgIpc) is 2.62. The zero-order valence-electron chi connectivity index (χ0n) is 14.3. The lowest BCUT2D eigenvalue weighted by atomic mass is 10.1. The molecule has 4 nitrogen and oxygen atoms in total. The molecule has 0 amide bonds. The number of allylic oxidation sites excluding steroid dienone is 1. The third kappa shape index (κ3) is 4.03. The third-order valence-electron chi connectivity index (χ3n) is 3.85. The zero-order chi connectivity index (χ0) is 17.1. The Labute approximate surface area is 152 Å². The van der Waals surface area contributed by atoms with Crippen LogP contribution < -0.4 is 9.47 Å². The Morgan fingerprint density at radius 1 is 0.960 bits per heavy atom. The second kappa shape index (κ2) is 7.90. The van der Waals surface area contributed by atoms with E-state index in [1.165, 1.54) is 0 Å². The Balaban J connectivity index is 0.00000225. The first-order valence-electron chi connectivity index (χ1n) is 7.57. The minimum atomic E-state index is 0. The highest BCUT2D eigenvalue weighted by molar-refractivity contribution is 5.85. The van der Waals surface area contributed by atoms with E-state index in [1.54, 1.807) is 32.4 Å². The van der Waals surface area contributed by atoms with Crippen molar-refractivity contribution in [2.75, 3.05) is 14.2 Å². The molecule has 0 aliphatic carbocycles. The van der Waals surface area contributed by atoms with Gasteiger partial charge in [0.15, 0.2) is 0 Å². The first kappa shape index (κ1) is 18.6. The molecule has 0 fully saturated rings. The van der Waals surface area contributed by atoms with Gasteiger partial charge in [0.25, 0.3) is 0 Å². The van der Waals surface area contributed by atoms with Gasteiger partial charge < -0.3 is 14.6 Å². The molecule has 2 aromatic carbocycles. The number of hydrogen-bond donors (Lipinski definition) is 1. The number of ether oxygens (including phenoxy) is 2. The topological polar surface area (TPSA) is 50.0 Å². The molecule has 1 N–H and O–H groups in total. The van der Waals surface area contributed by atoms with Crippen molar-refractivity contribution in [2.45, 2.75) is 6.92 Å². The first-order valence-corrected chi connectivity index (χ1v) is 7.57. The van der Waals surface area contributed by atoms with Crippen LogP contribution in [0.5, 0.6) is 17.2 Å². The molecular formula is C20H20ClO4+. The van der Waals surface area contributed by atoms with Crippen LogP contribution in [0.3, 0.4) is 0 Å². The Kier molecular flexibility index (Phi) is 5.88. The van der Waals surface area contributed by atoms with Crippen molar-refractivity contribution in [3.63, 3.8) is 0 Å². The lowest BCUT2D eigenvalue weighted by molar-refractivity contribution is 0.412. The quantitative estimate of drug-likeness (QED) is 0.632. The molecule has 0 saturated heterocycles. The van der Waals surface area contributed by atoms with Crippen LogP contribution in [0.15, 0.2) is 52.9 Å². The molecular weight excluding hydrogens is 340 g/mol. The number of methoxy groups -OCH3 is 2. The number of hydrogen-bond acceptors (Lipinski definition) is 3.